The van der Waals surface area contributed by atoms with Gasteiger partial charge >= 0.3 is 11.9 Å². The van der Waals surface area contributed by atoms with Crippen LogP contribution in [0.5, 0.6) is 0 Å². The Morgan fingerprint density at radius 3 is 2.17 bits per heavy atom. The minimum Gasteiger partial charge on any atom is -0.391 e. The van der Waals surface area contributed by atoms with Gasteiger partial charge in [0.25, 0.3) is 0 Å². The average molecular weight is 169 g/mol. The third-order valence-electron chi connectivity index (χ3n) is 2.48. The molecule has 66 valence electrons. The van der Waals surface area contributed by atoms with Crippen LogP contribution in [0.15, 0.2) is 0 Å². The van der Waals surface area contributed by atoms with Gasteiger partial charge in [-0.1, -0.05) is 6.42 Å². The van der Waals surface area contributed by atoms with E-state index in [4.69, 9.17) is 0 Å². The largest absolute Gasteiger partial charge is 0.391 e. The van der Waals surface area contributed by atoms with E-state index < -0.39 is 11.9 Å². The topological polar surface area (TPSA) is 46.6 Å². The maximum atomic E-state index is 10.8. The molecule has 2 aliphatic rings. The molecule has 0 aromatic rings. The molecule has 2 fully saturated rings. The van der Waals surface area contributed by atoms with E-state index in [-0.39, 0.29) is 13.1 Å². The summed E-state index contributed by atoms with van der Waals surface area (Å²) in [6.45, 7) is 0.576. The summed E-state index contributed by atoms with van der Waals surface area (Å²) in [6.07, 6.45) is 3.44. The standard InChI is InChI=1S/C8H11NO3/c10-7-4-9(5-8(11)12-7)6-2-1-3-6/h6H,1-5H2. The first-order valence-electron chi connectivity index (χ1n) is 4.23. The Hall–Kier alpha value is -0.900. The second-order valence-electron chi connectivity index (χ2n) is 3.34. The highest BCUT2D eigenvalue weighted by Gasteiger charge is 2.32. The molecule has 0 N–H and O–H groups in total. The number of ether oxygens (including phenoxy) is 1. The molecule has 0 aromatic heterocycles. The highest BCUT2D eigenvalue weighted by atomic mass is 16.6. The number of rotatable bonds is 1. The number of carbonyl (C=O) groups is 2. The van der Waals surface area contributed by atoms with Crippen LogP contribution in [-0.4, -0.2) is 36.0 Å². The molecule has 4 nitrogen and oxygen atoms in total. The minimum atomic E-state index is -0.404. The predicted molar refractivity (Wildman–Crippen MR) is 40.3 cm³/mol. The van der Waals surface area contributed by atoms with Gasteiger partial charge in [-0.2, -0.15) is 0 Å². The Bertz CT molecular complexity index is 206. The fourth-order valence-corrected chi connectivity index (χ4v) is 1.59. The molecule has 1 aliphatic carbocycles. The molecule has 2 rings (SSSR count). The van der Waals surface area contributed by atoms with Gasteiger partial charge in [-0.25, -0.2) is 0 Å². The number of esters is 2. The van der Waals surface area contributed by atoms with Crippen molar-refractivity contribution in [3.63, 3.8) is 0 Å². The highest BCUT2D eigenvalue weighted by Crippen LogP contribution is 2.25. The molecule has 1 saturated heterocycles. The zero-order valence-electron chi connectivity index (χ0n) is 6.78. The van der Waals surface area contributed by atoms with Crippen molar-refractivity contribution >= 4 is 11.9 Å². The van der Waals surface area contributed by atoms with Crippen LogP contribution in [0.4, 0.5) is 0 Å². The SMILES string of the molecule is O=C1CN(C2CCC2)CC(=O)O1. The predicted octanol–water partition coefficient (Wildman–Crippen LogP) is -0.0757. The number of hydrogen-bond donors (Lipinski definition) is 0. The van der Waals surface area contributed by atoms with E-state index in [1.165, 1.54) is 6.42 Å². The smallest absolute Gasteiger partial charge is 0.327 e. The molecule has 1 saturated carbocycles. The maximum Gasteiger partial charge on any atom is 0.327 e. The zero-order valence-corrected chi connectivity index (χ0v) is 6.78. The van der Waals surface area contributed by atoms with Gasteiger partial charge in [0.2, 0.25) is 0 Å². The van der Waals surface area contributed by atoms with Crippen molar-refractivity contribution in [2.75, 3.05) is 13.1 Å². The van der Waals surface area contributed by atoms with Crippen LogP contribution in [0.25, 0.3) is 0 Å². The molecule has 0 aromatic carbocycles. The molecular formula is C8H11NO3. The van der Waals surface area contributed by atoms with E-state index in [9.17, 15) is 9.59 Å². The van der Waals surface area contributed by atoms with Gasteiger partial charge in [0, 0.05) is 6.04 Å². The monoisotopic (exact) mass is 169 g/mol. The van der Waals surface area contributed by atoms with Crippen molar-refractivity contribution in [2.45, 2.75) is 25.3 Å². The normalized spacial score (nSPS) is 26.7. The lowest BCUT2D eigenvalue weighted by molar-refractivity contribution is -0.168. The third kappa shape index (κ3) is 1.34. The second-order valence-corrected chi connectivity index (χ2v) is 3.34. The van der Waals surface area contributed by atoms with Crippen molar-refractivity contribution in [2.24, 2.45) is 0 Å². The molecule has 1 aliphatic heterocycles. The molecule has 0 spiro atoms. The van der Waals surface area contributed by atoms with Crippen LogP contribution >= 0.6 is 0 Å². The molecule has 0 bridgehead atoms. The summed E-state index contributed by atoms with van der Waals surface area (Å²) < 4.78 is 4.42. The molecule has 1 heterocycles. The Balaban J connectivity index is 1.96. The molecule has 0 amide bonds. The summed E-state index contributed by atoms with van der Waals surface area (Å²) in [5.41, 5.74) is 0. The van der Waals surface area contributed by atoms with Gasteiger partial charge in [0.1, 0.15) is 0 Å². The third-order valence-corrected chi connectivity index (χ3v) is 2.48. The molecular weight excluding hydrogens is 158 g/mol. The second kappa shape index (κ2) is 2.86. The van der Waals surface area contributed by atoms with Gasteiger partial charge in [0.15, 0.2) is 0 Å². The van der Waals surface area contributed by atoms with Gasteiger partial charge in [0.05, 0.1) is 13.1 Å². The summed E-state index contributed by atoms with van der Waals surface area (Å²) in [5.74, 6) is -0.809. The zero-order chi connectivity index (χ0) is 8.55. The lowest BCUT2D eigenvalue weighted by atomic mass is 9.91. The fraction of sp³-hybridized carbons (Fsp3) is 0.750. The lowest BCUT2D eigenvalue weighted by Gasteiger charge is -2.37. The number of hydrogen-bond acceptors (Lipinski definition) is 4. The van der Waals surface area contributed by atoms with E-state index >= 15 is 0 Å². The van der Waals surface area contributed by atoms with E-state index in [1.807, 2.05) is 4.90 Å². The summed E-state index contributed by atoms with van der Waals surface area (Å²) in [7, 11) is 0. The quantitative estimate of drug-likeness (QED) is 0.407. The average Bonchev–Trinajstić information content (AvgIpc) is 1.79. The maximum absolute atomic E-state index is 10.8. The van der Waals surface area contributed by atoms with Crippen LogP contribution in [0.3, 0.4) is 0 Å². The minimum absolute atomic E-state index is 0.288. The summed E-state index contributed by atoms with van der Waals surface area (Å²) in [4.78, 5) is 23.6. The van der Waals surface area contributed by atoms with Gasteiger partial charge < -0.3 is 4.74 Å². The van der Waals surface area contributed by atoms with Crippen LogP contribution < -0.4 is 0 Å². The summed E-state index contributed by atoms with van der Waals surface area (Å²) in [6, 6.07) is 0.446. The van der Waals surface area contributed by atoms with E-state index in [0.29, 0.717) is 6.04 Å². The fourth-order valence-electron chi connectivity index (χ4n) is 1.59. The van der Waals surface area contributed by atoms with Crippen molar-refractivity contribution in [3.8, 4) is 0 Å². The van der Waals surface area contributed by atoms with Crippen LogP contribution in [0.2, 0.25) is 0 Å². The van der Waals surface area contributed by atoms with Crippen molar-refractivity contribution < 1.29 is 14.3 Å². The Kier molecular flexibility index (Phi) is 1.84. The van der Waals surface area contributed by atoms with Crippen LogP contribution in [0, 0.1) is 0 Å². The summed E-state index contributed by atoms with van der Waals surface area (Å²) in [5, 5.41) is 0. The number of nitrogens with zero attached hydrogens (tertiary/aromatic N) is 1. The highest BCUT2D eigenvalue weighted by molar-refractivity contribution is 5.90. The molecule has 0 unspecified atom stereocenters. The number of cyclic esters (lactones) is 2. The number of morpholine rings is 1. The van der Waals surface area contributed by atoms with E-state index in [2.05, 4.69) is 4.74 Å². The van der Waals surface area contributed by atoms with Gasteiger partial charge in [-0.05, 0) is 12.8 Å². The van der Waals surface area contributed by atoms with E-state index in [1.54, 1.807) is 0 Å². The Morgan fingerprint density at radius 1 is 1.17 bits per heavy atom. The first-order chi connectivity index (χ1) is 5.75. The molecule has 12 heavy (non-hydrogen) atoms. The van der Waals surface area contributed by atoms with Gasteiger partial charge in [-0.15, -0.1) is 0 Å². The van der Waals surface area contributed by atoms with Crippen LogP contribution in [-0.2, 0) is 14.3 Å². The molecule has 0 atom stereocenters. The molecule has 0 radical (unpaired) electrons. The number of carbonyl (C=O) groups excluding carboxylic acids is 2. The van der Waals surface area contributed by atoms with Crippen molar-refractivity contribution in [3.05, 3.63) is 0 Å². The van der Waals surface area contributed by atoms with Gasteiger partial charge in [-0.3, -0.25) is 14.5 Å². The Labute approximate surface area is 70.5 Å². The van der Waals surface area contributed by atoms with Crippen molar-refractivity contribution in [1.82, 2.24) is 4.90 Å². The first kappa shape index (κ1) is 7.73. The summed E-state index contributed by atoms with van der Waals surface area (Å²) >= 11 is 0. The lowest BCUT2D eigenvalue weighted by Crippen LogP contribution is -2.50. The first-order valence-corrected chi connectivity index (χ1v) is 4.23. The van der Waals surface area contributed by atoms with Crippen molar-refractivity contribution in [1.29, 1.82) is 0 Å². The molecule has 4 heteroatoms. The Morgan fingerprint density at radius 2 is 1.75 bits per heavy atom. The van der Waals surface area contributed by atoms with E-state index in [0.717, 1.165) is 12.8 Å². The van der Waals surface area contributed by atoms with Crippen LogP contribution in [0.1, 0.15) is 19.3 Å².